The summed E-state index contributed by atoms with van der Waals surface area (Å²) in [6.07, 6.45) is 4.10. The molecule has 0 aromatic carbocycles. The summed E-state index contributed by atoms with van der Waals surface area (Å²) in [7, 11) is 0. The van der Waals surface area contributed by atoms with Crippen LogP contribution in [-0.2, 0) is 9.53 Å². The Morgan fingerprint density at radius 2 is 2.22 bits per heavy atom. The highest BCUT2D eigenvalue weighted by atomic mass is 16.5. The van der Waals surface area contributed by atoms with Gasteiger partial charge in [-0.25, -0.2) is 0 Å². The highest BCUT2D eigenvalue weighted by Gasteiger charge is 2.30. The molecule has 0 aliphatic carbocycles. The maximum absolute atomic E-state index is 11.5. The SMILES string of the molecule is CCOC(=O)CC(C)N1CCC(CC)CC1CN. The predicted molar refractivity (Wildman–Crippen MR) is 73.3 cm³/mol. The van der Waals surface area contributed by atoms with Crippen molar-refractivity contribution in [3.05, 3.63) is 0 Å². The van der Waals surface area contributed by atoms with E-state index in [1.807, 2.05) is 6.92 Å². The molecule has 0 amide bonds. The number of likely N-dealkylation sites (tertiary alicyclic amines) is 1. The van der Waals surface area contributed by atoms with Gasteiger partial charge in [0.15, 0.2) is 0 Å². The highest BCUT2D eigenvalue weighted by Crippen LogP contribution is 2.27. The fourth-order valence-electron chi connectivity index (χ4n) is 2.91. The number of carbonyl (C=O) groups is 1. The molecule has 0 aromatic heterocycles. The molecule has 4 heteroatoms. The molecule has 0 bridgehead atoms. The Morgan fingerprint density at radius 3 is 2.78 bits per heavy atom. The monoisotopic (exact) mass is 256 g/mol. The van der Waals surface area contributed by atoms with E-state index in [1.165, 1.54) is 19.3 Å². The van der Waals surface area contributed by atoms with E-state index >= 15 is 0 Å². The van der Waals surface area contributed by atoms with Crippen LogP contribution in [0.1, 0.15) is 46.5 Å². The fourth-order valence-corrected chi connectivity index (χ4v) is 2.91. The lowest BCUT2D eigenvalue weighted by atomic mass is 9.87. The van der Waals surface area contributed by atoms with E-state index in [1.54, 1.807) is 0 Å². The Hall–Kier alpha value is -0.610. The van der Waals surface area contributed by atoms with Crippen LogP contribution in [-0.4, -0.2) is 42.6 Å². The topological polar surface area (TPSA) is 55.6 Å². The molecule has 1 heterocycles. The standard InChI is InChI=1S/C14H28N2O2/c1-4-12-6-7-16(13(9-12)10-15)11(3)8-14(17)18-5-2/h11-13H,4-10,15H2,1-3H3. The summed E-state index contributed by atoms with van der Waals surface area (Å²) in [6, 6.07) is 0.656. The third-order valence-electron chi connectivity index (χ3n) is 4.05. The van der Waals surface area contributed by atoms with Gasteiger partial charge in [-0.1, -0.05) is 13.3 Å². The summed E-state index contributed by atoms with van der Waals surface area (Å²) in [4.78, 5) is 13.9. The zero-order valence-electron chi connectivity index (χ0n) is 12.0. The molecule has 18 heavy (non-hydrogen) atoms. The maximum atomic E-state index is 11.5. The minimum Gasteiger partial charge on any atom is -0.466 e. The summed E-state index contributed by atoms with van der Waals surface area (Å²) >= 11 is 0. The van der Waals surface area contributed by atoms with E-state index in [4.69, 9.17) is 10.5 Å². The van der Waals surface area contributed by atoms with Gasteiger partial charge < -0.3 is 10.5 Å². The first-order valence-electron chi connectivity index (χ1n) is 7.23. The average molecular weight is 256 g/mol. The van der Waals surface area contributed by atoms with Crippen molar-refractivity contribution in [3.63, 3.8) is 0 Å². The molecule has 3 atom stereocenters. The van der Waals surface area contributed by atoms with Crippen molar-refractivity contribution in [3.8, 4) is 0 Å². The summed E-state index contributed by atoms with van der Waals surface area (Å²) in [6.45, 7) is 8.40. The lowest BCUT2D eigenvalue weighted by Gasteiger charge is -2.42. The van der Waals surface area contributed by atoms with Crippen molar-refractivity contribution in [1.29, 1.82) is 0 Å². The number of hydrogen-bond acceptors (Lipinski definition) is 4. The second kappa shape index (κ2) is 7.74. The number of ether oxygens (including phenoxy) is 1. The van der Waals surface area contributed by atoms with Crippen LogP contribution >= 0.6 is 0 Å². The molecule has 2 N–H and O–H groups in total. The smallest absolute Gasteiger partial charge is 0.307 e. The van der Waals surface area contributed by atoms with Gasteiger partial charge in [-0.2, -0.15) is 0 Å². The quantitative estimate of drug-likeness (QED) is 0.736. The van der Waals surface area contributed by atoms with Crippen LogP contribution in [0.4, 0.5) is 0 Å². The number of esters is 1. The van der Waals surface area contributed by atoms with Crippen molar-refractivity contribution in [2.24, 2.45) is 11.7 Å². The summed E-state index contributed by atoms with van der Waals surface area (Å²) in [5.41, 5.74) is 5.88. The van der Waals surface area contributed by atoms with Crippen molar-refractivity contribution in [1.82, 2.24) is 4.90 Å². The molecule has 1 rings (SSSR count). The van der Waals surface area contributed by atoms with Crippen LogP contribution in [0.5, 0.6) is 0 Å². The molecule has 106 valence electrons. The molecule has 0 saturated carbocycles. The minimum absolute atomic E-state index is 0.0987. The number of hydrogen-bond donors (Lipinski definition) is 1. The van der Waals surface area contributed by atoms with Gasteiger partial charge in [-0.15, -0.1) is 0 Å². The number of piperidine rings is 1. The van der Waals surface area contributed by atoms with Gasteiger partial charge in [-0.3, -0.25) is 9.69 Å². The lowest BCUT2D eigenvalue weighted by molar-refractivity contribution is -0.144. The van der Waals surface area contributed by atoms with Gasteiger partial charge in [0.25, 0.3) is 0 Å². The Morgan fingerprint density at radius 1 is 1.50 bits per heavy atom. The Balaban J connectivity index is 2.50. The van der Waals surface area contributed by atoms with Crippen molar-refractivity contribution in [2.75, 3.05) is 19.7 Å². The van der Waals surface area contributed by atoms with Gasteiger partial charge in [0.1, 0.15) is 0 Å². The molecule has 4 nitrogen and oxygen atoms in total. The molecule has 0 spiro atoms. The van der Waals surface area contributed by atoms with Gasteiger partial charge in [-0.05, 0) is 39.2 Å². The average Bonchev–Trinajstić information content (AvgIpc) is 2.38. The van der Waals surface area contributed by atoms with Gasteiger partial charge in [0.2, 0.25) is 0 Å². The zero-order valence-corrected chi connectivity index (χ0v) is 12.0. The molecule has 0 radical (unpaired) electrons. The first-order valence-corrected chi connectivity index (χ1v) is 7.23. The van der Waals surface area contributed by atoms with Crippen LogP contribution in [0.2, 0.25) is 0 Å². The van der Waals surface area contributed by atoms with Crippen molar-refractivity contribution in [2.45, 2.75) is 58.5 Å². The number of nitrogens with zero attached hydrogens (tertiary/aromatic N) is 1. The predicted octanol–water partition coefficient (Wildman–Crippen LogP) is 1.78. The molecule has 1 aliphatic heterocycles. The molecule has 1 fully saturated rings. The van der Waals surface area contributed by atoms with E-state index < -0.39 is 0 Å². The van der Waals surface area contributed by atoms with E-state index in [9.17, 15) is 4.79 Å². The van der Waals surface area contributed by atoms with Crippen LogP contribution in [0, 0.1) is 5.92 Å². The minimum atomic E-state index is -0.0987. The Labute approximate surface area is 111 Å². The van der Waals surface area contributed by atoms with Crippen LogP contribution in [0.15, 0.2) is 0 Å². The second-order valence-electron chi connectivity index (χ2n) is 5.28. The normalized spacial score (nSPS) is 26.9. The number of nitrogens with two attached hydrogens (primary N) is 1. The van der Waals surface area contributed by atoms with E-state index in [0.29, 0.717) is 25.6 Å². The third-order valence-corrected chi connectivity index (χ3v) is 4.05. The fraction of sp³-hybridized carbons (Fsp3) is 0.929. The largest absolute Gasteiger partial charge is 0.466 e. The lowest BCUT2D eigenvalue weighted by Crippen LogP contribution is -2.51. The number of carbonyl (C=O) groups excluding carboxylic acids is 1. The third kappa shape index (κ3) is 4.25. The highest BCUT2D eigenvalue weighted by molar-refractivity contribution is 5.70. The van der Waals surface area contributed by atoms with Gasteiger partial charge in [0.05, 0.1) is 13.0 Å². The van der Waals surface area contributed by atoms with Gasteiger partial charge >= 0.3 is 5.97 Å². The number of rotatable bonds is 6. The summed E-state index contributed by atoms with van der Waals surface area (Å²) in [5, 5.41) is 0. The van der Waals surface area contributed by atoms with Crippen LogP contribution in [0.25, 0.3) is 0 Å². The van der Waals surface area contributed by atoms with E-state index in [-0.39, 0.29) is 12.0 Å². The zero-order chi connectivity index (χ0) is 13.5. The molecule has 3 unspecified atom stereocenters. The Bertz CT molecular complexity index is 258. The molecule has 0 aromatic rings. The molecule has 1 saturated heterocycles. The molecule has 1 aliphatic rings. The van der Waals surface area contributed by atoms with Crippen molar-refractivity contribution >= 4 is 5.97 Å². The molecular weight excluding hydrogens is 228 g/mol. The van der Waals surface area contributed by atoms with Crippen molar-refractivity contribution < 1.29 is 9.53 Å². The second-order valence-corrected chi connectivity index (χ2v) is 5.28. The first-order chi connectivity index (χ1) is 8.62. The maximum Gasteiger partial charge on any atom is 0.307 e. The summed E-state index contributed by atoms with van der Waals surface area (Å²) < 4.78 is 5.02. The molecular formula is C14H28N2O2. The van der Waals surface area contributed by atoms with Crippen LogP contribution < -0.4 is 5.73 Å². The van der Waals surface area contributed by atoms with Gasteiger partial charge in [0, 0.05) is 18.6 Å². The van der Waals surface area contributed by atoms with Crippen LogP contribution in [0.3, 0.4) is 0 Å². The summed E-state index contributed by atoms with van der Waals surface area (Å²) in [5.74, 6) is 0.697. The van der Waals surface area contributed by atoms with E-state index in [0.717, 1.165) is 12.5 Å². The first kappa shape index (κ1) is 15.4. The van der Waals surface area contributed by atoms with E-state index in [2.05, 4.69) is 18.7 Å². The Kier molecular flexibility index (Phi) is 6.65.